The molecular formula is C11H15N3O4. The first-order valence-corrected chi connectivity index (χ1v) is 5.25. The van der Waals surface area contributed by atoms with Crippen molar-refractivity contribution < 1.29 is 19.5 Å². The lowest BCUT2D eigenvalue weighted by molar-refractivity contribution is -0.131. The lowest BCUT2D eigenvalue weighted by Gasteiger charge is -2.13. The van der Waals surface area contributed by atoms with E-state index in [2.05, 4.69) is 10.3 Å². The third kappa shape index (κ3) is 3.34. The number of nitrogens with zero attached hydrogens (tertiary/aromatic N) is 1. The Morgan fingerprint density at radius 2 is 2.06 bits per heavy atom. The average Bonchev–Trinajstić information content (AvgIpc) is 2.58. The van der Waals surface area contributed by atoms with Gasteiger partial charge in [-0.25, -0.2) is 4.79 Å². The number of nitrogens with one attached hydrogen (secondary N) is 2. The summed E-state index contributed by atoms with van der Waals surface area (Å²) in [6.45, 7) is 2.90. The van der Waals surface area contributed by atoms with Gasteiger partial charge in [0, 0.05) is 19.7 Å². The molecule has 0 fully saturated rings. The molecule has 7 nitrogen and oxygen atoms in total. The van der Waals surface area contributed by atoms with Gasteiger partial charge in [-0.15, -0.1) is 0 Å². The molecule has 0 radical (unpaired) electrons. The minimum Gasteiger partial charge on any atom is -0.477 e. The molecule has 1 aromatic heterocycles. The normalized spacial score (nSPS) is 9.94. The van der Waals surface area contributed by atoms with E-state index in [4.69, 9.17) is 5.11 Å². The van der Waals surface area contributed by atoms with Crippen molar-refractivity contribution in [2.24, 2.45) is 0 Å². The van der Waals surface area contributed by atoms with E-state index in [1.54, 1.807) is 6.92 Å². The third-order valence-corrected chi connectivity index (χ3v) is 2.36. The molecule has 1 rings (SSSR count). The first-order valence-electron chi connectivity index (χ1n) is 5.25. The van der Waals surface area contributed by atoms with E-state index in [-0.39, 0.29) is 23.8 Å². The molecule has 0 saturated carbocycles. The maximum atomic E-state index is 11.6. The number of aromatic carboxylic acids is 1. The SMILES string of the molecule is CC(=O)N(C)CC(=O)Nc1cc(C)[nH]c1C(=O)O. The van der Waals surface area contributed by atoms with Crippen molar-refractivity contribution in [1.82, 2.24) is 9.88 Å². The van der Waals surface area contributed by atoms with Crippen LogP contribution in [0.4, 0.5) is 5.69 Å². The van der Waals surface area contributed by atoms with E-state index in [0.29, 0.717) is 5.69 Å². The number of aromatic nitrogens is 1. The molecule has 0 aromatic carbocycles. The summed E-state index contributed by atoms with van der Waals surface area (Å²) in [5, 5.41) is 11.4. The second-order valence-electron chi connectivity index (χ2n) is 3.97. The molecule has 0 atom stereocenters. The number of carboxylic acids is 1. The molecule has 1 aromatic rings. The molecule has 0 spiro atoms. The highest BCUT2D eigenvalue weighted by atomic mass is 16.4. The van der Waals surface area contributed by atoms with Crippen LogP contribution in [0.3, 0.4) is 0 Å². The lowest BCUT2D eigenvalue weighted by Crippen LogP contribution is -2.33. The largest absolute Gasteiger partial charge is 0.477 e. The van der Waals surface area contributed by atoms with Crippen LogP contribution in [-0.4, -0.2) is 46.4 Å². The molecule has 0 unspecified atom stereocenters. The van der Waals surface area contributed by atoms with Crippen molar-refractivity contribution in [2.45, 2.75) is 13.8 Å². The predicted molar refractivity (Wildman–Crippen MR) is 64.4 cm³/mol. The van der Waals surface area contributed by atoms with Crippen LogP contribution >= 0.6 is 0 Å². The Morgan fingerprint density at radius 3 is 2.56 bits per heavy atom. The van der Waals surface area contributed by atoms with E-state index in [9.17, 15) is 14.4 Å². The molecule has 0 aliphatic carbocycles. The molecule has 1 heterocycles. The Kier molecular flexibility index (Phi) is 4.09. The number of carbonyl (C=O) groups is 3. The average molecular weight is 253 g/mol. The Labute approximate surface area is 104 Å². The number of carbonyl (C=O) groups excluding carboxylic acids is 2. The van der Waals surface area contributed by atoms with Crippen molar-refractivity contribution in [3.05, 3.63) is 17.5 Å². The minimum atomic E-state index is -1.15. The van der Waals surface area contributed by atoms with Gasteiger partial charge < -0.3 is 20.3 Å². The van der Waals surface area contributed by atoms with Crippen LogP contribution in [0, 0.1) is 6.92 Å². The highest BCUT2D eigenvalue weighted by Gasteiger charge is 2.16. The molecular weight excluding hydrogens is 238 g/mol. The van der Waals surface area contributed by atoms with Gasteiger partial charge in [0.15, 0.2) is 0 Å². The Morgan fingerprint density at radius 1 is 1.44 bits per heavy atom. The summed E-state index contributed by atoms with van der Waals surface area (Å²) in [5.41, 5.74) is 0.746. The maximum absolute atomic E-state index is 11.6. The van der Waals surface area contributed by atoms with Gasteiger partial charge in [0.25, 0.3) is 0 Å². The summed E-state index contributed by atoms with van der Waals surface area (Å²) in [4.78, 5) is 37.3. The topological polar surface area (TPSA) is 103 Å². The molecule has 2 amide bonds. The van der Waals surface area contributed by atoms with Gasteiger partial charge in [0.1, 0.15) is 5.69 Å². The maximum Gasteiger partial charge on any atom is 0.354 e. The van der Waals surface area contributed by atoms with Gasteiger partial charge >= 0.3 is 5.97 Å². The molecule has 0 saturated heterocycles. The predicted octanol–water partition coefficient (Wildman–Crippen LogP) is 0.438. The van der Waals surface area contributed by atoms with Crippen LogP contribution in [-0.2, 0) is 9.59 Å². The van der Waals surface area contributed by atoms with Crippen LogP contribution in [0.2, 0.25) is 0 Å². The second-order valence-corrected chi connectivity index (χ2v) is 3.97. The molecule has 98 valence electrons. The zero-order chi connectivity index (χ0) is 13.9. The number of H-pyrrole nitrogens is 1. The quantitative estimate of drug-likeness (QED) is 0.724. The van der Waals surface area contributed by atoms with Crippen LogP contribution < -0.4 is 5.32 Å². The third-order valence-electron chi connectivity index (χ3n) is 2.36. The standard InChI is InChI=1S/C11H15N3O4/c1-6-4-8(10(12-6)11(17)18)13-9(16)5-14(3)7(2)15/h4,12H,5H2,1-3H3,(H,13,16)(H,17,18). The molecule has 0 aliphatic rings. The highest BCUT2D eigenvalue weighted by molar-refractivity contribution is 6.00. The zero-order valence-electron chi connectivity index (χ0n) is 10.4. The van der Waals surface area contributed by atoms with Gasteiger partial charge in [0.05, 0.1) is 12.2 Å². The first-order chi connectivity index (χ1) is 8.31. The molecule has 0 bridgehead atoms. The van der Waals surface area contributed by atoms with Crippen LogP contribution in [0.25, 0.3) is 0 Å². The monoisotopic (exact) mass is 253 g/mol. The van der Waals surface area contributed by atoms with Crippen molar-refractivity contribution in [1.29, 1.82) is 0 Å². The van der Waals surface area contributed by atoms with Crippen LogP contribution in [0.5, 0.6) is 0 Å². The van der Waals surface area contributed by atoms with E-state index in [1.807, 2.05) is 0 Å². The summed E-state index contributed by atoms with van der Waals surface area (Å²) in [6, 6.07) is 1.52. The number of aryl methyl sites for hydroxylation is 1. The summed E-state index contributed by atoms with van der Waals surface area (Å²) in [7, 11) is 1.49. The second kappa shape index (κ2) is 5.35. The number of likely N-dealkylation sites (N-methyl/N-ethyl adjacent to an activating group) is 1. The van der Waals surface area contributed by atoms with E-state index >= 15 is 0 Å². The fourth-order valence-electron chi connectivity index (χ4n) is 1.37. The number of hydrogen-bond acceptors (Lipinski definition) is 3. The summed E-state index contributed by atoms with van der Waals surface area (Å²) >= 11 is 0. The fraction of sp³-hybridized carbons (Fsp3) is 0.364. The van der Waals surface area contributed by atoms with Gasteiger partial charge in [-0.3, -0.25) is 9.59 Å². The number of aromatic amines is 1. The number of carboxylic acid groups (broad SMARTS) is 1. The Bertz CT molecular complexity index is 492. The lowest BCUT2D eigenvalue weighted by atomic mass is 10.3. The first kappa shape index (κ1) is 13.8. The van der Waals surface area contributed by atoms with E-state index < -0.39 is 11.9 Å². The summed E-state index contributed by atoms with van der Waals surface area (Å²) in [5.74, 6) is -1.85. The van der Waals surface area contributed by atoms with Gasteiger partial charge in [-0.1, -0.05) is 0 Å². The molecule has 7 heteroatoms. The number of anilines is 1. The number of rotatable bonds is 4. The zero-order valence-corrected chi connectivity index (χ0v) is 10.4. The van der Waals surface area contributed by atoms with Crippen molar-refractivity contribution >= 4 is 23.5 Å². The van der Waals surface area contributed by atoms with Gasteiger partial charge in [-0.05, 0) is 13.0 Å². The molecule has 0 aliphatic heterocycles. The molecule has 3 N–H and O–H groups in total. The van der Waals surface area contributed by atoms with Crippen molar-refractivity contribution in [3.63, 3.8) is 0 Å². The summed E-state index contributed by atoms with van der Waals surface area (Å²) in [6.07, 6.45) is 0. The Balaban J connectivity index is 2.76. The number of amides is 2. The number of hydrogen-bond donors (Lipinski definition) is 3. The highest BCUT2D eigenvalue weighted by Crippen LogP contribution is 2.16. The van der Waals surface area contributed by atoms with Crippen molar-refractivity contribution in [2.75, 3.05) is 18.9 Å². The Hall–Kier alpha value is -2.31. The van der Waals surface area contributed by atoms with Crippen LogP contribution in [0.1, 0.15) is 23.1 Å². The van der Waals surface area contributed by atoms with Crippen LogP contribution in [0.15, 0.2) is 6.07 Å². The summed E-state index contributed by atoms with van der Waals surface area (Å²) < 4.78 is 0. The molecule has 18 heavy (non-hydrogen) atoms. The van der Waals surface area contributed by atoms with Gasteiger partial charge in [-0.2, -0.15) is 0 Å². The smallest absolute Gasteiger partial charge is 0.354 e. The van der Waals surface area contributed by atoms with E-state index in [1.165, 1.54) is 24.9 Å². The van der Waals surface area contributed by atoms with Crippen molar-refractivity contribution in [3.8, 4) is 0 Å². The van der Waals surface area contributed by atoms with E-state index in [0.717, 1.165) is 0 Å². The fourth-order valence-corrected chi connectivity index (χ4v) is 1.37. The minimum absolute atomic E-state index is 0.0775. The van der Waals surface area contributed by atoms with Gasteiger partial charge in [0.2, 0.25) is 11.8 Å².